The molecule has 9 heteroatoms. The zero-order valence-electron chi connectivity index (χ0n) is 11.5. The number of rotatable bonds is 3. The average molecular weight is 309 g/mol. The van der Waals surface area contributed by atoms with Gasteiger partial charge in [0.15, 0.2) is 0 Å². The van der Waals surface area contributed by atoms with Gasteiger partial charge in [0.2, 0.25) is 15.0 Å². The highest BCUT2D eigenvalue weighted by Gasteiger charge is 2.23. The SMILES string of the molecule is CS(=O)(=O)c1nc2c(c(=O)[nH]1)CN(Cc1ncc[nH]1)CC2. The summed E-state index contributed by atoms with van der Waals surface area (Å²) in [6, 6.07) is 0. The second-order valence-corrected chi connectivity index (χ2v) is 7.00. The molecule has 0 saturated heterocycles. The van der Waals surface area contributed by atoms with Gasteiger partial charge in [-0.1, -0.05) is 0 Å². The monoisotopic (exact) mass is 309 g/mol. The largest absolute Gasteiger partial charge is 0.348 e. The van der Waals surface area contributed by atoms with Crippen LogP contribution < -0.4 is 5.56 Å². The first kappa shape index (κ1) is 14.0. The number of fused-ring (bicyclic) bond motifs is 1. The van der Waals surface area contributed by atoms with E-state index in [1.807, 2.05) is 0 Å². The molecule has 0 spiro atoms. The Bertz CT molecular complexity index is 810. The fourth-order valence-corrected chi connectivity index (χ4v) is 2.92. The van der Waals surface area contributed by atoms with Crippen LogP contribution in [0.15, 0.2) is 22.3 Å². The molecule has 0 radical (unpaired) electrons. The lowest BCUT2D eigenvalue weighted by Crippen LogP contribution is -2.36. The lowest BCUT2D eigenvalue weighted by molar-refractivity contribution is 0.235. The van der Waals surface area contributed by atoms with Crippen LogP contribution in [0.3, 0.4) is 0 Å². The smallest absolute Gasteiger partial charge is 0.256 e. The molecule has 2 aromatic rings. The van der Waals surface area contributed by atoms with E-state index in [1.165, 1.54) is 0 Å². The van der Waals surface area contributed by atoms with Gasteiger partial charge < -0.3 is 4.98 Å². The molecule has 8 nitrogen and oxygen atoms in total. The number of nitrogens with zero attached hydrogens (tertiary/aromatic N) is 3. The van der Waals surface area contributed by atoms with Crippen molar-refractivity contribution < 1.29 is 8.42 Å². The molecule has 1 aliphatic heterocycles. The molecule has 2 N–H and O–H groups in total. The topological polar surface area (TPSA) is 112 Å². The molecule has 0 aliphatic carbocycles. The second kappa shape index (κ2) is 5.08. The van der Waals surface area contributed by atoms with Gasteiger partial charge in [-0.25, -0.2) is 18.4 Å². The van der Waals surface area contributed by atoms with Crippen LogP contribution in [0, 0.1) is 0 Å². The van der Waals surface area contributed by atoms with Gasteiger partial charge in [0.25, 0.3) is 5.56 Å². The summed E-state index contributed by atoms with van der Waals surface area (Å²) in [6.45, 7) is 1.75. The van der Waals surface area contributed by atoms with E-state index in [4.69, 9.17) is 0 Å². The zero-order chi connectivity index (χ0) is 15.0. The van der Waals surface area contributed by atoms with Crippen molar-refractivity contribution in [3.8, 4) is 0 Å². The van der Waals surface area contributed by atoms with Gasteiger partial charge in [0.05, 0.1) is 17.8 Å². The molecule has 3 heterocycles. The number of H-pyrrole nitrogens is 2. The summed E-state index contributed by atoms with van der Waals surface area (Å²) in [5, 5.41) is -0.259. The van der Waals surface area contributed by atoms with Gasteiger partial charge in [-0.05, 0) is 0 Å². The van der Waals surface area contributed by atoms with Gasteiger partial charge in [-0.3, -0.25) is 14.7 Å². The number of aromatic amines is 2. The summed E-state index contributed by atoms with van der Waals surface area (Å²) in [5.41, 5.74) is 0.708. The van der Waals surface area contributed by atoms with E-state index in [-0.39, 0.29) is 10.7 Å². The molecular formula is C12H15N5O3S. The van der Waals surface area contributed by atoms with Crippen molar-refractivity contribution in [3.05, 3.63) is 39.8 Å². The van der Waals surface area contributed by atoms with Gasteiger partial charge in [-0.15, -0.1) is 0 Å². The Morgan fingerprint density at radius 3 is 2.90 bits per heavy atom. The Balaban J connectivity index is 1.88. The summed E-state index contributed by atoms with van der Waals surface area (Å²) in [6.07, 6.45) is 5.01. The minimum absolute atomic E-state index is 0.259. The maximum atomic E-state index is 12.1. The number of nitrogens with one attached hydrogen (secondary N) is 2. The van der Waals surface area contributed by atoms with Crippen molar-refractivity contribution in [1.82, 2.24) is 24.8 Å². The molecule has 0 aromatic carbocycles. The van der Waals surface area contributed by atoms with Gasteiger partial charge >= 0.3 is 0 Å². The molecule has 0 unspecified atom stereocenters. The minimum Gasteiger partial charge on any atom is -0.348 e. The quantitative estimate of drug-likeness (QED) is 0.736. The Kier molecular flexibility index (Phi) is 3.38. The van der Waals surface area contributed by atoms with Crippen molar-refractivity contribution in [2.75, 3.05) is 12.8 Å². The summed E-state index contributed by atoms with van der Waals surface area (Å²) in [4.78, 5) is 27.7. The minimum atomic E-state index is -3.51. The summed E-state index contributed by atoms with van der Waals surface area (Å²) >= 11 is 0. The molecule has 1 aliphatic rings. The predicted octanol–water partition coefficient (Wildman–Crippen LogP) is -0.545. The fraction of sp³-hybridized carbons (Fsp3) is 0.417. The third-order valence-electron chi connectivity index (χ3n) is 3.41. The standard InChI is InChI=1S/C12H15N5O3S/c1-21(19,20)12-15-9-2-5-17(6-8(9)11(18)16-12)7-10-13-3-4-14-10/h3-4H,2,5-7H2,1H3,(H,13,14)(H,15,16,18). The highest BCUT2D eigenvalue weighted by atomic mass is 32.2. The first-order chi connectivity index (χ1) is 9.93. The highest BCUT2D eigenvalue weighted by molar-refractivity contribution is 7.90. The normalized spacial score (nSPS) is 15.9. The fourth-order valence-electron chi connectivity index (χ4n) is 2.36. The van der Waals surface area contributed by atoms with E-state index in [9.17, 15) is 13.2 Å². The van der Waals surface area contributed by atoms with Crippen LogP contribution in [0.1, 0.15) is 17.1 Å². The van der Waals surface area contributed by atoms with Crippen LogP contribution in [0.2, 0.25) is 0 Å². The second-order valence-electron chi connectivity index (χ2n) is 5.07. The van der Waals surface area contributed by atoms with Crippen molar-refractivity contribution in [1.29, 1.82) is 0 Å². The Hall–Kier alpha value is -2.00. The molecule has 0 saturated carbocycles. The lowest BCUT2D eigenvalue weighted by Gasteiger charge is -2.26. The van der Waals surface area contributed by atoms with E-state index in [0.717, 1.165) is 12.1 Å². The number of hydrogen-bond acceptors (Lipinski definition) is 6. The van der Waals surface area contributed by atoms with E-state index in [1.54, 1.807) is 12.4 Å². The van der Waals surface area contributed by atoms with Crippen LogP contribution in [0.25, 0.3) is 0 Å². The molecule has 0 fully saturated rings. The maximum absolute atomic E-state index is 12.1. The summed E-state index contributed by atoms with van der Waals surface area (Å²) < 4.78 is 23.0. The first-order valence-electron chi connectivity index (χ1n) is 6.46. The van der Waals surface area contributed by atoms with E-state index < -0.39 is 9.84 Å². The Labute approximate surface area is 121 Å². The lowest BCUT2D eigenvalue weighted by atomic mass is 10.1. The highest BCUT2D eigenvalue weighted by Crippen LogP contribution is 2.16. The van der Waals surface area contributed by atoms with Crippen LogP contribution in [-0.4, -0.2) is 46.1 Å². The molecule has 21 heavy (non-hydrogen) atoms. The van der Waals surface area contributed by atoms with E-state index in [0.29, 0.717) is 37.3 Å². The van der Waals surface area contributed by atoms with Crippen LogP contribution in [-0.2, 0) is 29.3 Å². The van der Waals surface area contributed by atoms with Gasteiger partial charge in [0.1, 0.15) is 5.82 Å². The first-order valence-corrected chi connectivity index (χ1v) is 8.35. The van der Waals surface area contributed by atoms with Crippen molar-refractivity contribution >= 4 is 9.84 Å². The average Bonchev–Trinajstić information content (AvgIpc) is 2.91. The van der Waals surface area contributed by atoms with E-state index >= 15 is 0 Å². The van der Waals surface area contributed by atoms with Crippen molar-refractivity contribution in [2.45, 2.75) is 24.7 Å². The summed E-state index contributed by atoms with van der Waals surface area (Å²) in [5.74, 6) is 0.829. The molecular weight excluding hydrogens is 294 g/mol. The number of sulfone groups is 1. The Morgan fingerprint density at radius 1 is 1.43 bits per heavy atom. The number of imidazole rings is 1. The van der Waals surface area contributed by atoms with Gasteiger partial charge in [0, 0.05) is 38.2 Å². The maximum Gasteiger partial charge on any atom is 0.256 e. The van der Waals surface area contributed by atoms with Gasteiger partial charge in [-0.2, -0.15) is 0 Å². The van der Waals surface area contributed by atoms with E-state index in [2.05, 4.69) is 24.8 Å². The molecule has 0 atom stereocenters. The Morgan fingerprint density at radius 2 is 2.24 bits per heavy atom. The molecule has 3 rings (SSSR count). The number of hydrogen-bond donors (Lipinski definition) is 2. The van der Waals surface area contributed by atoms with Crippen LogP contribution in [0.5, 0.6) is 0 Å². The predicted molar refractivity (Wildman–Crippen MR) is 74.4 cm³/mol. The zero-order valence-corrected chi connectivity index (χ0v) is 12.3. The van der Waals surface area contributed by atoms with Crippen LogP contribution >= 0.6 is 0 Å². The van der Waals surface area contributed by atoms with Crippen LogP contribution in [0.4, 0.5) is 0 Å². The molecule has 0 amide bonds. The van der Waals surface area contributed by atoms with Crippen molar-refractivity contribution in [2.24, 2.45) is 0 Å². The molecule has 112 valence electrons. The third-order valence-corrected chi connectivity index (χ3v) is 4.30. The molecule has 0 bridgehead atoms. The number of aromatic nitrogens is 4. The molecule has 2 aromatic heterocycles. The third kappa shape index (κ3) is 2.88. The summed E-state index contributed by atoms with van der Waals surface area (Å²) in [7, 11) is -3.51. The van der Waals surface area contributed by atoms with Crippen molar-refractivity contribution in [3.63, 3.8) is 0 Å².